The van der Waals surface area contributed by atoms with E-state index < -0.39 is 10.2 Å². The Morgan fingerprint density at radius 1 is 1.19 bits per heavy atom. The zero-order chi connectivity index (χ0) is 20.0. The summed E-state index contributed by atoms with van der Waals surface area (Å²) in [4.78, 5) is 14.8. The summed E-state index contributed by atoms with van der Waals surface area (Å²) < 4.78 is 27.6. The van der Waals surface area contributed by atoms with Crippen molar-refractivity contribution in [2.45, 2.75) is 39.2 Å². The topological polar surface area (TPSA) is 73.0 Å². The van der Waals surface area contributed by atoms with Crippen LogP contribution >= 0.6 is 0 Å². The van der Waals surface area contributed by atoms with Crippen LogP contribution in [0, 0.1) is 6.92 Å². The van der Waals surface area contributed by atoms with Gasteiger partial charge in [-0.05, 0) is 58.3 Å². The quantitative estimate of drug-likeness (QED) is 0.688. The van der Waals surface area contributed by atoms with E-state index in [-0.39, 0.29) is 12.5 Å². The summed E-state index contributed by atoms with van der Waals surface area (Å²) in [7, 11) is -0.828. The first-order valence-electron chi connectivity index (χ1n) is 9.49. The van der Waals surface area contributed by atoms with Crippen LogP contribution in [0.15, 0.2) is 24.3 Å². The maximum Gasteiger partial charge on any atom is 0.304 e. The summed E-state index contributed by atoms with van der Waals surface area (Å²) in [6, 6.07) is 7.54. The molecule has 1 N–H and O–H groups in total. The van der Waals surface area contributed by atoms with Gasteiger partial charge in [-0.25, -0.2) is 4.31 Å². The number of aryl methyl sites for hydroxylation is 1. The second-order valence-corrected chi connectivity index (χ2v) is 9.43. The van der Waals surface area contributed by atoms with Gasteiger partial charge in [0, 0.05) is 26.7 Å². The van der Waals surface area contributed by atoms with Crippen molar-refractivity contribution >= 4 is 21.8 Å². The zero-order valence-electron chi connectivity index (χ0n) is 16.8. The molecule has 1 amide bonds. The number of likely N-dealkylation sites (tertiary alicyclic amines) is 1. The Bertz CT molecular complexity index is 713. The zero-order valence-corrected chi connectivity index (χ0v) is 17.6. The standard InChI is InChI=1S/C19H32N4O3S/c1-16-7-9-18(10-8-16)23(27(25,26)21(3)4)15-19(24)20-12-11-17(2)22-13-5-6-14-22/h7-10,17H,5-6,11-15H2,1-4H3,(H,20,24)/t17-/m0/s1. The Kier molecular flexibility index (Phi) is 7.64. The Balaban J connectivity index is 1.97. The summed E-state index contributed by atoms with van der Waals surface area (Å²) in [6.45, 7) is 6.66. The van der Waals surface area contributed by atoms with Crippen molar-refractivity contribution in [3.05, 3.63) is 29.8 Å². The molecule has 0 bridgehead atoms. The molecule has 1 aliphatic heterocycles. The summed E-state index contributed by atoms with van der Waals surface area (Å²) in [6.07, 6.45) is 3.34. The molecular weight excluding hydrogens is 364 g/mol. The van der Waals surface area contributed by atoms with Crippen molar-refractivity contribution < 1.29 is 13.2 Å². The number of nitrogens with zero attached hydrogens (tertiary/aromatic N) is 3. The van der Waals surface area contributed by atoms with E-state index >= 15 is 0 Å². The molecule has 152 valence electrons. The van der Waals surface area contributed by atoms with Crippen LogP contribution in [0.2, 0.25) is 0 Å². The van der Waals surface area contributed by atoms with Crippen molar-refractivity contribution in [1.82, 2.24) is 14.5 Å². The molecule has 1 aliphatic rings. The monoisotopic (exact) mass is 396 g/mol. The summed E-state index contributed by atoms with van der Waals surface area (Å²) in [5, 5.41) is 2.87. The molecule has 0 spiro atoms. The number of hydrogen-bond donors (Lipinski definition) is 1. The number of anilines is 1. The molecule has 1 aromatic carbocycles. The van der Waals surface area contributed by atoms with Crippen LogP contribution in [0.25, 0.3) is 0 Å². The summed E-state index contributed by atoms with van der Waals surface area (Å²) >= 11 is 0. The first-order valence-corrected chi connectivity index (χ1v) is 10.9. The fraction of sp³-hybridized carbons (Fsp3) is 0.632. The molecule has 2 rings (SSSR count). The van der Waals surface area contributed by atoms with E-state index in [1.54, 1.807) is 12.1 Å². The highest BCUT2D eigenvalue weighted by molar-refractivity contribution is 7.90. The first kappa shape index (κ1) is 21.7. The smallest absolute Gasteiger partial charge is 0.304 e. The van der Waals surface area contributed by atoms with Gasteiger partial charge >= 0.3 is 10.2 Å². The van der Waals surface area contributed by atoms with E-state index in [9.17, 15) is 13.2 Å². The van der Waals surface area contributed by atoms with Crippen molar-refractivity contribution in [2.24, 2.45) is 0 Å². The van der Waals surface area contributed by atoms with Gasteiger partial charge in [0.25, 0.3) is 0 Å². The number of carbonyl (C=O) groups is 1. The molecule has 1 saturated heterocycles. The molecule has 1 atom stereocenters. The van der Waals surface area contributed by atoms with Gasteiger partial charge in [0.15, 0.2) is 0 Å². The van der Waals surface area contributed by atoms with Gasteiger partial charge in [0.1, 0.15) is 6.54 Å². The van der Waals surface area contributed by atoms with Gasteiger partial charge < -0.3 is 10.2 Å². The third-order valence-corrected chi connectivity index (χ3v) is 6.82. The number of hydrogen-bond acceptors (Lipinski definition) is 4. The van der Waals surface area contributed by atoms with Gasteiger partial charge in [0.2, 0.25) is 5.91 Å². The Hall–Kier alpha value is -1.64. The lowest BCUT2D eigenvalue weighted by Gasteiger charge is -2.27. The lowest BCUT2D eigenvalue weighted by molar-refractivity contribution is -0.119. The number of carbonyl (C=O) groups excluding carboxylic acids is 1. The molecular formula is C19H32N4O3S. The van der Waals surface area contributed by atoms with Crippen LogP contribution in [0.5, 0.6) is 0 Å². The third-order valence-electron chi connectivity index (χ3n) is 5.00. The van der Waals surface area contributed by atoms with Gasteiger partial charge in [-0.3, -0.25) is 4.79 Å². The van der Waals surface area contributed by atoms with Crippen molar-refractivity contribution in [2.75, 3.05) is 44.6 Å². The molecule has 7 nitrogen and oxygen atoms in total. The minimum Gasteiger partial charge on any atom is -0.354 e. The second kappa shape index (κ2) is 9.52. The summed E-state index contributed by atoms with van der Waals surface area (Å²) in [5.41, 5.74) is 1.51. The van der Waals surface area contributed by atoms with Gasteiger partial charge in [-0.2, -0.15) is 12.7 Å². The minimum atomic E-state index is -3.76. The van der Waals surface area contributed by atoms with Crippen molar-refractivity contribution in [1.29, 1.82) is 0 Å². The van der Waals surface area contributed by atoms with Crippen LogP contribution in [0.3, 0.4) is 0 Å². The maximum absolute atomic E-state index is 12.7. The number of benzene rings is 1. The Morgan fingerprint density at radius 3 is 2.33 bits per heavy atom. The van der Waals surface area contributed by atoms with Gasteiger partial charge in [-0.15, -0.1) is 0 Å². The Labute approximate surface area is 163 Å². The lowest BCUT2D eigenvalue weighted by atomic mass is 10.2. The molecule has 1 heterocycles. The van der Waals surface area contributed by atoms with E-state index in [1.165, 1.54) is 26.9 Å². The molecule has 0 aliphatic carbocycles. The van der Waals surface area contributed by atoms with E-state index in [2.05, 4.69) is 17.1 Å². The van der Waals surface area contributed by atoms with E-state index in [1.807, 2.05) is 19.1 Å². The SMILES string of the molecule is Cc1ccc(N(CC(=O)NCC[C@H](C)N2CCCC2)S(=O)(=O)N(C)C)cc1. The highest BCUT2D eigenvalue weighted by Gasteiger charge is 2.27. The maximum atomic E-state index is 12.7. The number of rotatable bonds is 9. The average Bonchev–Trinajstić information content (AvgIpc) is 3.15. The van der Waals surface area contributed by atoms with E-state index in [4.69, 9.17) is 0 Å². The van der Waals surface area contributed by atoms with Crippen LogP contribution < -0.4 is 9.62 Å². The normalized spacial score (nSPS) is 16.5. The van der Waals surface area contributed by atoms with Gasteiger partial charge in [-0.1, -0.05) is 17.7 Å². The van der Waals surface area contributed by atoms with Crippen LogP contribution in [-0.2, 0) is 15.0 Å². The molecule has 0 unspecified atom stereocenters. The van der Waals surface area contributed by atoms with Crippen LogP contribution in [0.1, 0.15) is 31.7 Å². The van der Waals surface area contributed by atoms with Crippen LogP contribution in [0.4, 0.5) is 5.69 Å². The molecule has 0 saturated carbocycles. The predicted octanol–water partition coefficient (Wildman–Crippen LogP) is 1.60. The fourth-order valence-electron chi connectivity index (χ4n) is 3.19. The minimum absolute atomic E-state index is 0.234. The van der Waals surface area contributed by atoms with Crippen LogP contribution in [-0.4, -0.2) is 69.8 Å². The molecule has 27 heavy (non-hydrogen) atoms. The lowest BCUT2D eigenvalue weighted by Crippen LogP contribution is -2.46. The second-order valence-electron chi connectivity index (χ2n) is 7.36. The molecule has 0 aromatic heterocycles. The highest BCUT2D eigenvalue weighted by Crippen LogP contribution is 2.20. The van der Waals surface area contributed by atoms with Crippen molar-refractivity contribution in [3.63, 3.8) is 0 Å². The molecule has 0 radical (unpaired) electrons. The highest BCUT2D eigenvalue weighted by atomic mass is 32.2. The number of amides is 1. The molecule has 1 aromatic rings. The largest absolute Gasteiger partial charge is 0.354 e. The predicted molar refractivity (Wildman–Crippen MR) is 109 cm³/mol. The van der Waals surface area contributed by atoms with Gasteiger partial charge in [0.05, 0.1) is 5.69 Å². The molecule has 8 heteroatoms. The fourth-order valence-corrected chi connectivity index (χ4v) is 4.25. The van der Waals surface area contributed by atoms with Crippen molar-refractivity contribution in [3.8, 4) is 0 Å². The average molecular weight is 397 g/mol. The van der Waals surface area contributed by atoms with E-state index in [0.717, 1.165) is 33.7 Å². The molecule has 1 fully saturated rings. The Morgan fingerprint density at radius 2 is 1.78 bits per heavy atom. The third kappa shape index (κ3) is 5.92. The number of nitrogens with one attached hydrogen (secondary N) is 1. The van der Waals surface area contributed by atoms with E-state index in [0.29, 0.717) is 18.3 Å². The summed E-state index contributed by atoms with van der Waals surface area (Å²) in [5.74, 6) is -0.297. The first-order chi connectivity index (χ1) is 12.7.